The van der Waals surface area contributed by atoms with Crippen LogP contribution in [0.1, 0.15) is 0 Å². The molecule has 2 heterocycles. The summed E-state index contributed by atoms with van der Waals surface area (Å²) in [5.41, 5.74) is 2.45. The Labute approximate surface area is 155 Å². The third-order valence-corrected chi connectivity index (χ3v) is 4.75. The maximum atomic E-state index is 10.7. The Bertz CT molecular complexity index is 879. The zero-order valence-corrected chi connectivity index (χ0v) is 15.2. The average molecular weight is 370 g/mol. The lowest BCUT2D eigenvalue weighted by Gasteiger charge is -2.21. The van der Waals surface area contributed by atoms with Gasteiger partial charge in [-0.25, -0.2) is 4.98 Å². The molecule has 6 nitrogen and oxygen atoms in total. The zero-order chi connectivity index (χ0) is 18.5. The van der Waals surface area contributed by atoms with Crippen molar-refractivity contribution in [3.8, 4) is 17.3 Å². The van der Waals surface area contributed by atoms with Crippen molar-refractivity contribution in [2.75, 3.05) is 24.8 Å². The number of pyridine rings is 1. The van der Waals surface area contributed by atoms with Crippen LogP contribution in [0, 0.1) is 0 Å². The first kappa shape index (κ1) is 17.9. The van der Waals surface area contributed by atoms with E-state index >= 15 is 0 Å². The molecule has 0 aliphatic heterocycles. The third kappa shape index (κ3) is 4.00. The molecule has 0 radical (unpaired) electrons. The number of rotatable bonds is 7. The van der Waals surface area contributed by atoms with Gasteiger partial charge in [-0.05, 0) is 48.5 Å². The molecular weight excluding hydrogens is 352 g/mol. The van der Waals surface area contributed by atoms with E-state index in [2.05, 4.69) is 4.98 Å². The van der Waals surface area contributed by atoms with Gasteiger partial charge in [0.25, 0.3) is 0 Å². The smallest absolute Gasteiger partial charge is 0.313 e. The summed E-state index contributed by atoms with van der Waals surface area (Å²) in [6.07, 6.45) is 1.60. The van der Waals surface area contributed by atoms with E-state index in [1.165, 1.54) is 11.8 Å². The van der Waals surface area contributed by atoms with Gasteiger partial charge in [0.2, 0.25) is 5.88 Å². The normalized spacial score (nSPS) is 10.5. The van der Waals surface area contributed by atoms with Gasteiger partial charge in [-0.3, -0.25) is 4.79 Å². The maximum absolute atomic E-state index is 10.7. The highest BCUT2D eigenvalue weighted by Gasteiger charge is 2.14. The summed E-state index contributed by atoms with van der Waals surface area (Å²) < 4.78 is 10.8. The van der Waals surface area contributed by atoms with Crippen LogP contribution >= 0.6 is 11.8 Å². The van der Waals surface area contributed by atoms with E-state index in [1.807, 2.05) is 60.5 Å². The summed E-state index contributed by atoms with van der Waals surface area (Å²) in [5.74, 6) is 0.382. The molecule has 0 bridgehead atoms. The van der Waals surface area contributed by atoms with E-state index in [1.54, 1.807) is 13.4 Å². The van der Waals surface area contributed by atoms with Gasteiger partial charge in [0.15, 0.2) is 5.76 Å². The van der Waals surface area contributed by atoms with Crippen LogP contribution in [-0.2, 0) is 4.79 Å². The van der Waals surface area contributed by atoms with Crippen LogP contribution in [0.15, 0.2) is 64.1 Å². The van der Waals surface area contributed by atoms with E-state index in [-0.39, 0.29) is 5.75 Å². The Kier molecular flexibility index (Phi) is 5.48. The first-order chi connectivity index (χ1) is 12.6. The van der Waals surface area contributed by atoms with Crippen molar-refractivity contribution in [1.29, 1.82) is 0 Å². The van der Waals surface area contributed by atoms with Gasteiger partial charge in [-0.15, -0.1) is 11.8 Å². The molecule has 0 amide bonds. The molecule has 0 saturated heterocycles. The van der Waals surface area contributed by atoms with Crippen molar-refractivity contribution < 1.29 is 19.1 Å². The summed E-state index contributed by atoms with van der Waals surface area (Å²) in [6.45, 7) is 0. The number of anilines is 2. The fourth-order valence-electron chi connectivity index (χ4n) is 2.45. The molecule has 0 atom stereocenters. The van der Waals surface area contributed by atoms with Gasteiger partial charge in [0, 0.05) is 17.6 Å². The van der Waals surface area contributed by atoms with Crippen LogP contribution in [0.4, 0.5) is 11.4 Å². The molecule has 0 spiro atoms. The molecule has 3 rings (SSSR count). The Morgan fingerprint density at radius 2 is 2.00 bits per heavy atom. The summed E-state index contributed by atoms with van der Waals surface area (Å²) in [5, 5.41) is 8.76. The first-order valence-corrected chi connectivity index (χ1v) is 8.84. The van der Waals surface area contributed by atoms with Crippen molar-refractivity contribution in [2.45, 2.75) is 4.90 Å². The summed E-state index contributed by atoms with van der Waals surface area (Å²) >= 11 is 1.29. The van der Waals surface area contributed by atoms with E-state index in [0.717, 1.165) is 16.3 Å². The number of hydrogen-bond acceptors (Lipinski definition) is 6. The zero-order valence-electron chi connectivity index (χ0n) is 14.4. The second-order valence-electron chi connectivity index (χ2n) is 5.44. The molecule has 2 aromatic heterocycles. The molecule has 1 N–H and O–H groups in total. The standard InChI is InChI=1S/C19H18N2O4S/c1-21(13-5-7-14(8-6-13)26-12-18(22)23)16-10-9-15(20-19(16)24-2)17-4-3-11-25-17/h3-11H,12H2,1-2H3,(H,22,23). The fraction of sp³-hybridized carbons (Fsp3) is 0.158. The molecule has 7 heteroatoms. The van der Waals surface area contributed by atoms with Crippen LogP contribution in [0.2, 0.25) is 0 Å². The lowest BCUT2D eigenvalue weighted by atomic mass is 10.2. The minimum absolute atomic E-state index is 0.0428. The minimum atomic E-state index is -0.830. The van der Waals surface area contributed by atoms with Crippen molar-refractivity contribution in [3.63, 3.8) is 0 Å². The van der Waals surface area contributed by atoms with Gasteiger partial charge < -0.3 is 19.2 Å². The van der Waals surface area contributed by atoms with Gasteiger partial charge in [0.1, 0.15) is 11.4 Å². The van der Waals surface area contributed by atoms with Gasteiger partial charge in [-0.2, -0.15) is 0 Å². The fourth-order valence-corrected chi connectivity index (χ4v) is 3.07. The average Bonchev–Trinajstić information content (AvgIpc) is 3.20. The number of aliphatic carboxylic acids is 1. The van der Waals surface area contributed by atoms with E-state index in [4.69, 9.17) is 14.3 Å². The Morgan fingerprint density at radius 1 is 1.23 bits per heavy atom. The SMILES string of the molecule is COc1nc(-c2ccco2)ccc1N(C)c1ccc(SCC(=O)O)cc1. The van der Waals surface area contributed by atoms with Crippen molar-refractivity contribution in [2.24, 2.45) is 0 Å². The molecular formula is C19H18N2O4S. The van der Waals surface area contributed by atoms with Gasteiger partial charge in [-0.1, -0.05) is 0 Å². The number of carboxylic acids is 1. The van der Waals surface area contributed by atoms with Crippen molar-refractivity contribution in [3.05, 3.63) is 54.8 Å². The number of methoxy groups -OCH3 is 1. The second-order valence-corrected chi connectivity index (χ2v) is 6.49. The predicted molar refractivity (Wildman–Crippen MR) is 101 cm³/mol. The Hall–Kier alpha value is -2.93. The van der Waals surface area contributed by atoms with E-state index in [0.29, 0.717) is 17.3 Å². The quantitative estimate of drug-likeness (QED) is 0.622. The van der Waals surface area contributed by atoms with E-state index in [9.17, 15) is 4.79 Å². The predicted octanol–water partition coefficient (Wildman–Crippen LogP) is 4.29. The van der Waals surface area contributed by atoms with Crippen LogP contribution in [0.25, 0.3) is 11.5 Å². The molecule has 26 heavy (non-hydrogen) atoms. The number of ether oxygens (including phenoxy) is 1. The van der Waals surface area contributed by atoms with Crippen molar-refractivity contribution in [1.82, 2.24) is 4.98 Å². The topological polar surface area (TPSA) is 75.8 Å². The van der Waals surface area contributed by atoms with Gasteiger partial charge >= 0.3 is 5.97 Å². The summed E-state index contributed by atoms with van der Waals surface area (Å²) in [4.78, 5) is 18.0. The third-order valence-electron chi connectivity index (χ3n) is 3.75. The summed E-state index contributed by atoms with van der Waals surface area (Å²) in [7, 11) is 3.50. The molecule has 0 fully saturated rings. The number of nitrogens with zero attached hydrogens (tertiary/aromatic N) is 2. The first-order valence-electron chi connectivity index (χ1n) is 7.86. The molecule has 3 aromatic rings. The lowest BCUT2D eigenvalue weighted by Crippen LogP contribution is -2.11. The molecule has 0 aliphatic rings. The van der Waals surface area contributed by atoms with Gasteiger partial charge in [0.05, 0.1) is 19.1 Å². The Morgan fingerprint density at radius 3 is 2.62 bits per heavy atom. The number of carboxylic acid groups (broad SMARTS) is 1. The van der Waals surface area contributed by atoms with Crippen molar-refractivity contribution >= 4 is 29.1 Å². The highest BCUT2D eigenvalue weighted by Crippen LogP contribution is 2.34. The lowest BCUT2D eigenvalue weighted by molar-refractivity contribution is -0.133. The van der Waals surface area contributed by atoms with Crippen LogP contribution in [-0.4, -0.2) is 36.0 Å². The molecule has 134 valence electrons. The maximum Gasteiger partial charge on any atom is 0.313 e. The number of thioether (sulfide) groups is 1. The van der Waals surface area contributed by atoms with Crippen LogP contribution < -0.4 is 9.64 Å². The summed E-state index contributed by atoms with van der Waals surface area (Å²) in [6, 6.07) is 15.1. The second kappa shape index (κ2) is 7.97. The van der Waals surface area contributed by atoms with Crippen LogP contribution in [0.5, 0.6) is 5.88 Å². The van der Waals surface area contributed by atoms with Crippen LogP contribution in [0.3, 0.4) is 0 Å². The highest BCUT2D eigenvalue weighted by atomic mass is 32.2. The largest absolute Gasteiger partial charge is 0.481 e. The molecule has 0 saturated carbocycles. The number of furan rings is 1. The molecule has 0 unspecified atom stereocenters. The monoisotopic (exact) mass is 370 g/mol. The Balaban J connectivity index is 1.82. The van der Waals surface area contributed by atoms with E-state index < -0.39 is 5.97 Å². The minimum Gasteiger partial charge on any atom is -0.481 e. The number of aromatic nitrogens is 1. The molecule has 0 aliphatic carbocycles. The highest BCUT2D eigenvalue weighted by molar-refractivity contribution is 8.00. The number of benzene rings is 1. The number of carbonyl (C=O) groups is 1. The number of hydrogen-bond donors (Lipinski definition) is 1. The molecule has 1 aromatic carbocycles.